The van der Waals surface area contributed by atoms with Crippen LogP contribution in [0.4, 0.5) is 14.5 Å². The lowest BCUT2D eigenvalue weighted by molar-refractivity contribution is -1.02. The Balaban J connectivity index is 1.65. The van der Waals surface area contributed by atoms with Gasteiger partial charge in [0.25, 0.3) is 0 Å². The number of rotatable bonds is 5. The number of hydrogen-bond acceptors (Lipinski definition) is 2. The molecule has 3 rings (SSSR count). The summed E-state index contributed by atoms with van der Waals surface area (Å²) in [6.07, 6.45) is 0. The van der Waals surface area contributed by atoms with E-state index in [2.05, 4.69) is 17.7 Å². The fourth-order valence-corrected chi connectivity index (χ4v) is 3.56. The van der Waals surface area contributed by atoms with Gasteiger partial charge in [-0.25, -0.2) is 8.78 Å². The summed E-state index contributed by atoms with van der Waals surface area (Å²) >= 11 is 0. The average Bonchev–Trinajstić information content (AvgIpc) is 2.72. The van der Waals surface area contributed by atoms with Crippen LogP contribution in [0.3, 0.4) is 0 Å². The summed E-state index contributed by atoms with van der Waals surface area (Å²) < 4.78 is 27.0. The van der Waals surface area contributed by atoms with E-state index in [0.717, 1.165) is 31.7 Å². The van der Waals surface area contributed by atoms with E-state index < -0.39 is 17.6 Å². The molecule has 0 aromatic heterocycles. The Morgan fingerprint density at radius 3 is 2.28 bits per heavy atom. The van der Waals surface area contributed by atoms with Crippen LogP contribution in [0, 0.1) is 11.6 Å². The van der Waals surface area contributed by atoms with E-state index in [1.807, 2.05) is 0 Å². The smallest absolute Gasteiger partial charge is 0.313 e. The predicted octanol–water partition coefficient (Wildman–Crippen LogP) is -0.826. The molecule has 1 aliphatic rings. The number of carbonyl (C=O) groups is 2. The van der Waals surface area contributed by atoms with Crippen LogP contribution in [0.1, 0.15) is 11.6 Å². The van der Waals surface area contributed by atoms with Crippen molar-refractivity contribution in [3.8, 4) is 0 Å². The van der Waals surface area contributed by atoms with Crippen LogP contribution in [0.2, 0.25) is 0 Å². The van der Waals surface area contributed by atoms with Crippen molar-refractivity contribution in [2.45, 2.75) is 6.04 Å². The number of halogens is 2. The van der Waals surface area contributed by atoms with Crippen molar-refractivity contribution in [2.75, 3.05) is 45.1 Å². The molecule has 2 aromatic rings. The monoisotopic (exact) mass is 404 g/mol. The fraction of sp³-hybridized carbons (Fsp3) is 0.333. The first-order valence-corrected chi connectivity index (χ1v) is 9.69. The van der Waals surface area contributed by atoms with Crippen molar-refractivity contribution in [1.29, 1.82) is 0 Å². The second kappa shape index (κ2) is 9.58. The SMILES string of the molecule is C[NH+]1CC[NH+]([C@H](CNC(=O)C(=O)Nc2ccccc2F)c2ccc(F)cc2)CC1. The molecule has 4 N–H and O–H groups in total. The molecule has 0 aliphatic carbocycles. The number of piperazine rings is 1. The molecular weight excluding hydrogens is 378 g/mol. The number of amides is 2. The summed E-state index contributed by atoms with van der Waals surface area (Å²) in [6, 6.07) is 11.8. The average molecular weight is 404 g/mol. The van der Waals surface area contributed by atoms with Gasteiger partial charge in [-0.1, -0.05) is 24.3 Å². The summed E-state index contributed by atoms with van der Waals surface area (Å²) in [5.74, 6) is -2.69. The van der Waals surface area contributed by atoms with E-state index in [4.69, 9.17) is 0 Å². The topological polar surface area (TPSA) is 67.1 Å². The number of likely N-dealkylation sites (N-methyl/N-ethyl adjacent to an activating group) is 1. The van der Waals surface area contributed by atoms with Crippen LogP contribution in [-0.4, -0.2) is 51.6 Å². The van der Waals surface area contributed by atoms with Crippen molar-refractivity contribution in [3.63, 3.8) is 0 Å². The molecule has 2 amide bonds. The lowest BCUT2D eigenvalue weighted by Gasteiger charge is -2.33. The summed E-state index contributed by atoms with van der Waals surface area (Å²) in [5, 5.41) is 4.93. The summed E-state index contributed by atoms with van der Waals surface area (Å²) in [4.78, 5) is 27.1. The lowest BCUT2D eigenvalue weighted by Crippen LogP contribution is -3.27. The predicted molar refractivity (Wildman–Crippen MR) is 104 cm³/mol. The van der Waals surface area contributed by atoms with Crippen LogP contribution >= 0.6 is 0 Å². The number of hydrogen-bond donors (Lipinski definition) is 4. The Hall–Kier alpha value is -2.84. The highest BCUT2D eigenvalue weighted by atomic mass is 19.1. The van der Waals surface area contributed by atoms with Crippen LogP contribution in [0.5, 0.6) is 0 Å². The van der Waals surface area contributed by atoms with Gasteiger partial charge in [-0.15, -0.1) is 0 Å². The molecule has 1 heterocycles. The Morgan fingerprint density at radius 2 is 1.62 bits per heavy atom. The zero-order valence-corrected chi connectivity index (χ0v) is 16.3. The number of anilines is 1. The Bertz CT molecular complexity index is 852. The molecule has 29 heavy (non-hydrogen) atoms. The minimum absolute atomic E-state index is 0.0459. The van der Waals surface area contributed by atoms with Crippen molar-refractivity contribution < 1.29 is 28.2 Å². The highest BCUT2D eigenvalue weighted by Gasteiger charge is 2.30. The zero-order chi connectivity index (χ0) is 20.8. The third kappa shape index (κ3) is 5.58. The number of para-hydroxylation sites is 1. The largest absolute Gasteiger partial charge is 0.341 e. The van der Waals surface area contributed by atoms with E-state index in [0.29, 0.717) is 0 Å². The normalized spacial score (nSPS) is 20.0. The maximum Gasteiger partial charge on any atom is 0.313 e. The van der Waals surface area contributed by atoms with Crippen molar-refractivity contribution in [1.82, 2.24) is 5.32 Å². The molecule has 6 nitrogen and oxygen atoms in total. The molecule has 0 radical (unpaired) electrons. The van der Waals surface area contributed by atoms with Gasteiger partial charge in [-0.3, -0.25) is 9.59 Å². The third-order valence-corrected chi connectivity index (χ3v) is 5.31. The number of benzene rings is 2. The van der Waals surface area contributed by atoms with E-state index in [1.54, 1.807) is 18.2 Å². The number of nitrogens with one attached hydrogen (secondary N) is 4. The number of quaternary nitrogens is 2. The summed E-state index contributed by atoms with van der Waals surface area (Å²) in [5.41, 5.74) is 0.853. The quantitative estimate of drug-likeness (QED) is 0.492. The van der Waals surface area contributed by atoms with Crippen LogP contribution < -0.4 is 20.4 Å². The molecule has 0 bridgehead atoms. The molecule has 0 spiro atoms. The van der Waals surface area contributed by atoms with Gasteiger partial charge in [0.2, 0.25) is 0 Å². The molecule has 1 saturated heterocycles. The Morgan fingerprint density at radius 1 is 0.966 bits per heavy atom. The molecule has 1 atom stereocenters. The highest BCUT2D eigenvalue weighted by molar-refractivity contribution is 6.39. The van der Waals surface area contributed by atoms with Gasteiger partial charge in [0.05, 0.1) is 19.3 Å². The zero-order valence-electron chi connectivity index (χ0n) is 16.3. The molecular formula is C21H26F2N4O2+2. The van der Waals surface area contributed by atoms with E-state index in [9.17, 15) is 18.4 Å². The van der Waals surface area contributed by atoms with Crippen LogP contribution in [-0.2, 0) is 9.59 Å². The first-order valence-electron chi connectivity index (χ1n) is 9.69. The van der Waals surface area contributed by atoms with Crippen molar-refractivity contribution in [3.05, 3.63) is 65.7 Å². The Labute approximate surface area is 168 Å². The summed E-state index contributed by atoms with van der Waals surface area (Å²) in [6.45, 7) is 4.03. The standard InChI is InChI=1S/C21H24F2N4O2/c1-26-10-12-27(13-11-26)19(15-6-8-16(22)9-7-15)14-24-20(28)21(29)25-18-5-3-2-4-17(18)23/h2-9,19H,10-14H2,1H3,(H,24,28)(H,25,29)/p+2/t19-/m1/s1. The second-order valence-corrected chi connectivity index (χ2v) is 7.36. The van der Waals surface area contributed by atoms with Gasteiger partial charge >= 0.3 is 11.8 Å². The van der Waals surface area contributed by atoms with Gasteiger partial charge in [0.15, 0.2) is 0 Å². The third-order valence-electron chi connectivity index (χ3n) is 5.31. The van der Waals surface area contributed by atoms with Crippen molar-refractivity contribution >= 4 is 17.5 Å². The van der Waals surface area contributed by atoms with Gasteiger partial charge in [-0.2, -0.15) is 0 Å². The minimum atomic E-state index is -0.925. The molecule has 0 unspecified atom stereocenters. The van der Waals surface area contributed by atoms with E-state index >= 15 is 0 Å². The first-order chi connectivity index (χ1) is 13.9. The van der Waals surface area contributed by atoms with E-state index in [1.165, 1.54) is 40.1 Å². The lowest BCUT2D eigenvalue weighted by atomic mass is 10.0. The van der Waals surface area contributed by atoms with Crippen molar-refractivity contribution in [2.24, 2.45) is 0 Å². The van der Waals surface area contributed by atoms with Gasteiger partial charge in [-0.05, 0) is 24.3 Å². The molecule has 2 aromatic carbocycles. The highest BCUT2D eigenvalue weighted by Crippen LogP contribution is 2.13. The van der Waals surface area contributed by atoms with Gasteiger partial charge < -0.3 is 20.4 Å². The molecule has 0 saturated carbocycles. The molecule has 8 heteroatoms. The van der Waals surface area contributed by atoms with Crippen LogP contribution in [0.25, 0.3) is 0 Å². The molecule has 1 aliphatic heterocycles. The Kier molecular flexibility index (Phi) is 6.90. The van der Waals surface area contributed by atoms with E-state index in [-0.39, 0.29) is 24.1 Å². The maximum absolute atomic E-state index is 13.7. The summed E-state index contributed by atoms with van der Waals surface area (Å²) in [7, 11) is 2.14. The maximum atomic E-state index is 13.7. The minimum Gasteiger partial charge on any atom is -0.341 e. The molecule has 154 valence electrons. The van der Waals surface area contributed by atoms with Gasteiger partial charge in [0, 0.05) is 5.56 Å². The van der Waals surface area contributed by atoms with Gasteiger partial charge in [0.1, 0.15) is 43.9 Å². The second-order valence-electron chi connectivity index (χ2n) is 7.36. The molecule has 1 fully saturated rings. The number of carbonyl (C=O) groups excluding carboxylic acids is 2. The first kappa shape index (κ1) is 20.9. The van der Waals surface area contributed by atoms with Crippen LogP contribution in [0.15, 0.2) is 48.5 Å². The fourth-order valence-electron chi connectivity index (χ4n) is 3.56.